The lowest BCUT2D eigenvalue weighted by atomic mass is 9.94. The van der Waals surface area contributed by atoms with Crippen molar-refractivity contribution in [2.45, 2.75) is 32.7 Å². The molecule has 118 valence electrons. The van der Waals surface area contributed by atoms with Crippen LogP contribution in [0.25, 0.3) is 0 Å². The standard InChI is InChI=1S/C17H23N3O2/c1-13(21)20-16-9-5-8-15(10-16)12-19-17(22)18-11-14-6-3-2-4-7-14/h2-3,5,8-10,14H,4,6-7,11-12H2,1H3,(H,20,21)(H2,18,19,22)/t14-/m1/s1. The van der Waals surface area contributed by atoms with E-state index >= 15 is 0 Å². The fourth-order valence-electron chi connectivity index (χ4n) is 2.49. The molecule has 5 nitrogen and oxygen atoms in total. The highest BCUT2D eigenvalue weighted by Gasteiger charge is 2.11. The first-order chi connectivity index (χ1) is 10.6. The van der Waals surface area contributed by atoms with Gasteiger partial charge in [0.1, 0.15) is 0 Å². The molecule has 1 aliphatic rings. The van der Waals surface area contributed by atoms with Crippen LogP contribution in [-0.2, 0) is 11.3 Å². The molecule has 0 radical (unpaired) electrons. The van der Waals surface area contributed by atoms with Crippen LogP contribution >= 0.6 is 0 Å². The summed E-state index contributed by atoms with van der Waals surface area (Å²) in [6.45, 7) is 2.62. The van der Waals surface area contributed by atoms with Gasteiger partial charge in [-0.2, -0.15) is 0 Å². The predicted octanol–water partition coefficient (Wildman–Crippen LogP) is 2.80. The molecule has 0 spiro atoms. The molecule has 1 aromatic rings. The number of allylic oxidation sites excluding steroid dienone is 2. The fraction of sp³-hybridized carbons (Fsp3) is 0.412. The van der Waals surface area contributed by atoms with Crippen molar-refractivity contribution in [3.63, 3.8) is 0 Å². The molecular formula is C17H23N3O2. The summed E-state index contributed by atoms with van der Waals surface area (Å²) in [6.07, 6.45) is 7.65. The van der Waals surface area contributed by atoms with E-state index in [9.17, 15) is 9.59 Å². The van der Waals surface area contributed by atoms with Crippen molar-refractivity contribution in [3.8, 4) is 0 Å². The Hall–Kier alpha value is -2.30. The lowest BCUT2D eigenvalue weighted by Crippen LogP contribution is -2.38. The Bertz CT molecular complexity index is 555. The van der Waals surface area contributed by atoms with Gasteiger partial charge in [0.2, 0.25) is 5.91 Å². The SMILES string of the molecule is CC(=O)Nc1cccc(CNC(=O)NC[C@@H]2CC=CCC2)c1. The van der Waals surface area contributed by atoms with E-state index < -0.39 is 0 Å². The van der Waals surface area contributed by atoms with Gasteiger partial charge in [0.25, 0.3) is 0 Å². The summed E-state index contributed by atoms with van der Waals surface area (Å²) in [7, 11) is 0. The van der Waals surface area contributed by atoms with Gasteiger partial charge in [-0.3, -0.25) is 4.79 Å². The number of urea groups is 1. The zero-order chi connectivity index (χ0) is 15.8. The van der Waals surface area contributed by atoms with Crippen molar-refractivity contribution < 1.29 is 9.59 Å². The number of hydrogen-bond donors (Lipinski definition) is 3. The maximum Gasteiger partial charge on any atom is 0.315 e. The molecule has 0 saturated heterocycles. The van der Waals surface area contributed by atoms with Crippen molar-refractivity contribution in [1.82, 2.24) is 10.6 Å². The van der Waals surface area contributed by atoms with Crippen LogP contribution in [0.15, 0.2) is 36.4 Å². The Morgan fingerprint density at radius 1 is 1.23 bits per heavy atom. The molecule has 1 aliphatic carbocycles. The van der Waals surface area contributed by atoms with E-state index in [1.807, 2.05) is 24.3 Å². The highest BCUT2D eigenvalue weighted by Crippen LogP contribution is 2.16. The topological polar surface area (TPSA) is 70.2 Å². The van der Waals surface area contributed by atoms with Gasteiger partial charge in [-0.15, -0.1) is 0 Å². The number of rotatable bonds is 5. The van der Waals surface area contributed by atoms with Crippen molar-refractivity contribution in [2.24, 2.45) is 5.92 Å². The minimum Gasteiger partial charge on any atom is -0.338 e. The Morgan fingerprint density at radius 2 is 2.09 bits per heavy atom. The van der Waals surface area contributed by atoms with Gasteiger partial charge in [-0.25, -0.2) is 4.79 Å². The predicted molar refractivity (Wildman–Crippen MR) is 87.5 cm³/mol. The van der Waals surface area contributed by atoms with Crippen LogP contribution in [0, 0.1) is 5.92 Å². The normalized spacial score (nSPS) is 16.9. The molecular weight excluding hydrogens is 278 g/mol. The minimum absolute atomic E-state index is 0.107. The first-order valence-electron chi connectivity index (χ1n) is 7.66. The average Bonchev–Trinajstić information content (AvgIpc) is 2.52. The molecule has 2 rings (SSSR count). The average molecular weight is 301 g/mol. The summed E-state index contributed by atoms with van der Waals surface area (Å²) < 4.78 is 0. The van der Waals surface area contributed by atoms with Crippen LogP contribution in [0.3, 0.4) is 0 Å². The van der Waals surface area contributed by atoms with Gasteiger partial charge in [0, 0.05) is 25.7 Å². The summed E-state index contributed by atoms with van der Waals surface area (Å²) in [6, 6.07) is 7.29. The van der Waals surface area contributed by atoms with Crippen LogP contribution in [-0.4, -0.2) is 18.5 Å². The Morgan fingerprint density at radius 3 is 2.82 bits per heavy atom. The third-order valence-electron chi connectivity index (χ3n) is 3.63. The molecule has 1 atom stereocenters. The second-order valence-corrected chi connectivity index (χ2v) is 5.60. The monoisotopic (exact) mass is 301 g/mol. The molecule has 0 bridgehead atoms. The first-order valence-corrected chi connectivity index (χ1v) is 7.66. The number of amides is 3. The quantitative estimate of drug-likeness (QED) is 0.732. The van der Waals surface area contributed by atoms with E-state index in [-0.39, 0.29) is 11.9 Å². The number of carbonyl (C=O) groups excluding carboxylic acids is 2. The summed E-state index contributed by atoms with van der Waals surface area (Å²) >= 11 is 0. The second kappa shape index (κ2) is 8.22. The van der Waals surface area contributed by atoms with Gasteiger partial charge < -0.3 is 16.0 Å². The van der Waals surface area contributed by atoms with Crippen molar-refractivity contribution in [2.75, 3.05) is 11.9 Å². The maximum absolute atomic E-state index is 11.8. The van der Waals surface area contributed by atoms with E-state index in [0.717, 1.165) is 30.5 Å². The zero-order valence-electron chi connectivity index (χ0n) is 12.9. The van der Waals surface area contributed by atoms with Gasteiger partial charge in [0.05, 0.1) is 0 Å². The maximum atomic E-state index is 11.8. The second-order valence-electron chi connectivity index (χ2n) is 5.60. The van der Waals surface area contributed by atoms with Gasteiger partial charge in [-0.05, 0) is 42.9 Å². The largest absolute Gasteiger partial charge is 0.338 e. The van der Waals surface area contributed by atoms with E-state index in [1.165, 1.54) is 6.92 Å². The molecule has 0 aromatic heterocycles. The highest BCUT2D eigenvalue weighted by atomic mass is 16.2. The summed E-state index contributed by atoms with van der Waals surface area (Å²) in [5, 5.41) is 8.48. The molecule has 0 unspecified atom stereocenters. The number of hydrogen-bond acceptors (Lipinski definition) is 2. The van der Waals surface area contributed by atoms with Crippen LogP contribution in [0.4, 0.5) is 10.5 Å². The molecule has 0 saturated carbocycles. The first kappa shape index (κ1) is 16.1. The van der Waals surface area contributed by atoms with Crippen molar-refractivity contribution in [3.05, 3.63) is 42.0 Å². The van der Waals surface area contributed by atoms with Crippen LogP contribution in [0.5, 0.6) is 0 Å². The Labute approximate surface area is 131 Å². The molecule has 3 N–H and O–H groups in total. The highest BCUT2D eigenvalue weighted by molar-refractivity contribution is 5.88. The van der Waals surface area contributed by atoms with E-state index in [0.29, 0.717) is 19.0 Å². The van der Waals surface area contributed by atoms with Crippen molar-refractivity contribution in [1.29, 1.82) is 0 Å². The van der Waals surface area contributed by atoms with E-state index in [1.54, 1.807) is 0 Å². The summed E-state index contributed by atoms with van der Waals surface area (Å²) in [5.41, 5.74) is 1.68. The van der Waals surface area contributed by atoms with Gasteiger partial charge >= 0.3 is 6.03 Å². The molecule has 5 heteroatoms. The lowest BCUT2D eigenvalue weighted by Gasteiger charge is -2.18. The molecule has 1 aromatic carbocycles. The Balaban J connectivity index is 1.73. The molecule has 0 fully saturated rings. The van der Waals surface area contributed by atoms with Gasteiger partial charge in [-0.1, -0.05) is 24.3 Å². The summed E-state index contributed by atoms with van der Waals surface area (Å²) in [4.78, 5) is 22.8. The number of anilines is 1. The third-order valence-corrected chi connectivity index (χ3v) is 3.63. The van der Waals surface area contributed by atoms with Crippen LogP contribution < -0.4 is 16.0 Å². The van der Waals surface area contributed by atoms with E-state index in [2.05, 4.69) is 28.1 Å². The fourth-order valence-corrected chi connectivity index (χ4v) is 2.49. The molecule has 3 amide bonds. The molecule has 0 heterocycles. The summed E-state index contributed by atoms with van der Waals surface area (Å²) in [5.74, 6) is 0.434. The lowest BCUT2D eigenvalue weighted by molar-refractivity contribution is -0.114. The van der Waals surface area contributed by atoms with Crippen LogP contribution in [0.1, 0.15) is 31.7 Å². The van der Waals surface area contributed by atoms with Crippen LogP contribution in [0.2, 0.25) is 0 Å². The van der Waals surface area contributed by atoms with Gasteiger partial charge in [0.15, 0.2) is 0 Å². The molecule has 0 aliphatic heterocycles. The zero-order valence-corrected chi connectivity index (χ0v) is 12.9. The van der Waals surface area contributed by atoms with E-state index in [4.69, 9.17) is 0 Å². The molecule has 22 heavy (non-hydrogen) atoms. The third kappa shape index (κ3) is 5.60. The Kier molecular flexibility index (Phi) is 6.01. The number of nitrogens with one attached hydrogen (secondary N) is 3. The number of benzene rings is 1. The number of carbonyl (C=O) groups is 2. The smallest absolute Gasteiger partial charge is 0.315 e. The minimum atomic E-state index is -0.153. The van der Waals surface area contributed by atoms with Crippen molar-refractivity contribution >= 4 is 17.6 Å².